The lowest BCUT2D eigenvalue weighted by atomic mass is 10.0. The number of hydrogen-bond acceptors (Lipinski definition) is 5. The van der Waals surface area contributed by atoms with Gasteiger partial charge in [0.15, 0.2) is 0 Å². The summed E-state index contributed by atoms with van der Waals surface area (Å²) in [6.45, 7) is 5.57. The third-order valence-corrected chi connectivity index (χ3v) is 4.71. The molecule has 0 N–H and O–H groups in total. The van der Waals surface area contributed by atoms with Gasteiger partial charge in [0.05, 0.1) is 13.4 Å². The van der Waals surface area contributed by atoms with Crippen molar-refractivity contribution in [3.05, 3.63) is 12.8 Å². The number of carbonyl (C=O) groups is 2. The lowest BCUT2D eigenvalue weighted by Crippen LogP contribution is -2.18. The summed E-state index contributed by atoms with van der Waals surface area (Å²) in [7, 11) is 1.44. The molecule has 0 aliphatic carbocycles. The third-order valence-electron chi connectivity index (χ3n) is 4.71. The van der Waals surface area contributed by atoms with Gasteiger partial charge in [-0.2, -0.15) is 0 Å². The molecular weight excluding hydrogens is 344 g/mol. The van der Waals surface area contributed by atoms with E-state index in [0.29, 0.717) is 6.42 Å². The van der Waals surface area contributed by atoms with Crippen molar-refractivity contribution in [1.82, 2.24) is 0 Å². The second kappa shape index (κ2) is 19.2. The highest BCUT2D eigenvalue weighted by atomic mass is 16.7. The molecular formula is C22H40O5. The molecule has 0 aromatic heterocycles. The van der Waals surface area contributed by atoms with Crippen LogP contribution >= 0.6 is 0 Å². The van der Waals surface area contributed by atoms with E-state index in [4.69, 9.17) is 4.74 Å². The van der Waals surface area contributed by atoms with Crippen molar-refractivity contribution in [1.29, 1.82) is 0 Å². The van der Waals surface area contributed by atoms with E-state index in [0.717, 1.165) is 51.2 Å². The van der Waals surface area contributed by atoms with Crippen molar-refractivity contribution in [2.75, 3.05) is 7.11 Å². The Balaban J connectivity index is 3.73. The van der Waals surface area contributed by atoms with E-state index in [1.807, 2.05) is 0 Å². The highest BCUT2D eigenvalue weighted by molar-refractivity contribution is 5.68. The zero-order valence-corrected chi connectivity index (χ0v) is 17.5. The summed E-state index contributed by atoms with van der Waals surface area (Å²) in [5, 5.41) is 0. The zero-order chi connectivity index (χ0) is 20.2. The van der Waals surface area contributed by atoms with Crippen LogP contribution in [0.25, 0.3) is 0 Å². The Morgan fingerprint density at radius 1 is 0.852 bits per heavy atom. The molecule has 0 heterocycles. The normalized spacial score (nSPS) is 11.6. The average Bonchev–Trinajstić information content (AvgIpc) is 2.66. The van der Waals surface area contributed by atoms with Crippen molar-refractivity contribution >= 4 is 12.1 Å². The van der Waals surface area contributed by atoms with Gasteiger partial charge in [-0.1, -0.05) is 71.3 Å². The van der Waals surface area contributed by atoms with Crippen molar-refractivity contribution < 1.29 is 23.8 Å². The van der Waals surface area contributed by atoms with Gasteiger partial charge < -0.3 is 14.2 Å². The van der Waals surface area contributed by atoms with Crippen LogP contribution in [0.4, 0.5) is 4.79 Å². The summed E-state index contributed by atoms with van der Waals surface area (Å²) in [4.78, 5) is 22.5. The molecule has 0 saturated carbocycles. The maximum Gasteiger partial charge on any atom is 0.513 e. The molecule has 0 aliphatic rings. The Kier molecular flexibility index (Phi) is 18.2. The molecule has 27 heavy (non-hydrogen) atoms. The molecule has 1 atom stereocenters. The molecule has 0 saturated heterocycles. The van der Waals surface area contributed by atoms with Gasteiger partial charge in [0.1, 0.15) is 6.10 Å². The van der Waals surface area contributed by atoms with Crippen molar-refractivity contribution in [3.8, 4) is 0 Å². The van der Waals surface area contributed by atoms with Crippen LogP contribution in [0, 0.1) is 0 Å². The molecule has 0 spiro atoms. The molecule has 5 nitrogen and oxygen atoms in total. The Hall–Kier alpha value is -1.52. The number of carbonyl (C=O) groups excluding carboxylic acids is 2. The summed E-state index contributed by atoms with van der Waals surface area (Å²) in [6.07, 6.45) is 16.5. The predicted octanol–water partition coefficient (Wildman–Crippen LogP) is 6.70. The van der Waals surface area contributed by atoms with Gasteiger partial charge in [-0.3, -0.25) is 4.79 Å². The second-order valence-corrected chi connectivity index (χ2v) is 7.07. The van der Waals surface area contributed by atoms with Crippen LogP contribution in [0.1, 0.15) is 103 Å². The SMILES string of the molecule is C=COC(=O)OC(CCCCCC)CCCCCCCCCCC(=O)OC. The monoisotopic (exact) mass is 384 g/mol. The maximum atomic E-state index is 11.5. The Bertz CT molecular complexity index is 381. The number of ether oxygens (including phenoxy) is 3. The smallest absolute Gasteiger partial charge is 0.469 e. The summed E-state index contributed by atoms with van der Waals surface area (Å²) < 4.78 is 14.7. The minimum atomic E-state index is -0.641. The zero-order valence-electron chi connectivity index (χ0n) is 17.5. The number of hydrogen-bond donors (Lipinski definition) is 0. The van der Waals surface area contributed by atoms with Crippen LogP contribution in [0.5, 0.6) is 0 Å². The summed E-state index contributed by atoms with van der Waals surface area (Å²) in [5.41, 5.74) is 0. The molecule has 5 heteroatoms. The molecule has 0 fully saturated rings. The molecule has 0 aromatic rings. The van der Waals surface area contributed by atoms with Crippen molar-refractivity contribution in [3.63, 3.8) is 0 Å². The van der Waals surface area contributed by atoms with Gasteiger partial charge in [0.2, 0.25) is 0 Å². The fourth-order valence-corrected chi connectivity index (χ4v) is 3.10. The van der Waals surface area contributed by atoms with E-state index in [1.54, 1.807) is 0 Å². The summed E-state index contributed by atoms with van der Waals surface area (Å²) in [6, 6.07) is 0. The first-order valence-corrected chi connectivity index (χ1v) is 10.7. The highest BCUT2D eigenvalue weighted by Crippen LogP contribution is 2.17. The fraction of sp³-hybridized carbons (Fsp3) is 0.818. The molecule has 0 bridgehead atoms. The molecule has 0 radical (unpaired) electrons. The molecule has 1 unspecified atom stereocenters. The number of rotatable bonds is 18. The standard InChI is InChI=1S/C22H40O5/c1-4-6-7-14-17-20(27-22(24)26-5-2)18-15-12-10-8-9-11-13-16-19-21(23)25-3/h5,20H,2,4,6-19H2,1,3H3. The first-order valence-electron chi connectivity index (χ1n) is 10.7. The third kappa shape index (κ3) is 17.6. The van der Waals surface area contributed by atoms with Gasteiger partial charge in [0, 0.05) is 6.42 Å². The average molecular weight is 385 g/mol. The Morgan fingerprint density at radius 2 is 1.37 bits per heavy atom. The van der Waals surface area contributed by atoms with Crippen LogP contribution in [0.3, 0.4) is 0 Å². The van der Waals surface area contributed by atoms with E-state index in [1.165, 1.54) is 52.1 Å². The topological polar surface area (TPSA) is 61.8 Å². The van der Waals surface area contributed by atoms with Gasteiger partial charge in [-0.15, -0.1) is 0 Å². The van der Waals surface area contributed by atoms with E-state index in [9.17, 15) is 9.59 Å². The number of methoxy groups -OCH3 is 1. The van der Waals surface area contributed by atoms with E-state index >= 15 is 0 Å². The molecule has 0 rings (SSSR count). The lowest BCUT2D eigenvalue weighted by Gasteiger charge is -2.17. The number of esters is 1. The Labute approximate surface area is 165 Å². The predicted molar refractivity (Wildman–Crippen MR) is 108 cm³/mol. The first-order chi connectivity index (χ1) is 13.1. The van der Waals surface area contributed by atoms with Crippen LogP contribution in [0.2, 0.25) is 0 Å². The molecule has 0 aromatic carbocycles. The van der Waals surface area contributed by atoms with Crippen molar-refractivity contribution in [2.45, 2.75) is 109 Å². The Morgan fingerprint density at radius 3 is 1.89 bits per heavy atom. The molecule has 0 amide bonds. The van der Waals surface area contributed by atoms with Gasteiger partial charge in [-0.25, -0.2) is 4.79 Å². The number of unbranched alkanes of at least 4 members (excludes halogenated alkanes) is 10. The van der Waals surface area contributed by atoms with Gasteiger partial charge in [0.25, 0.3) is 0 Å². The largest absolute Gasteiger partial charge is 0.513 e. The summed E-state index contributed by atoms with van der Waals surface area (Å²) in [5.74, 6) is -0.113. The lowest BCUT2D eigenvalue weighted by molar-refractivity contribution is -0.140. The van der Waals surface area contributed by atoms with Crippen LogP contribution < -0.4 is 0 Å². The van der Waals surface area contributed by atoms with Crippen LogP contribution in [-0.2, 0) is 19.0 Å². The van der Waals surface area contributed by atoms with Gasteiger partial charge >= 0.3 is 12.1 Å². The maximum absolute atomic E-state index is 11.5. The molecule has 0 aliphatic heterocycles. The fourth-order valence-electron chi connectivity index (χ4n) is 3.10. The highest BCUT2D eigenvalue weighted by Gasteiger charge is 2.14. The van der Waals surface area contributed by atoms with Crippen LogP contribution in [0.15, 0.2) is 12.8 Å². The van der Waals surface area contributed by atoms with Crippen LogP contribution in [-0.4, -0.2) is 25.3 Å². The van der Waals surface area contributed by atoms with E-state index < -0.39 is 6.16 Å². The second-order valence-electron chi connectivity index (χ2n) is 7.07. The van der Waals surface area contributed by atoms with Gasteiger partial charge in [-0.05, 0) is 32.1 Å². The van der Waals surface area contributed by atoms with E-state index in [2.05, 4.69) is 23.0 Å². The summed E-state index contributed by atoms with van der Waals surface area (Å²) >= 11 is 0. The van der Waals surface area contributed by atoms with Crippen molar-refractivity contribution in [2.24, 2.45) is 0 Å². The minimum Gasteiger partial charge on any atom is -0.469 e. The quantitative estimate of drug-likeness (QED) is 0.149. The minimum absolute atomic E-state index is 0.0485. The molecule has 158 valence electrons. The van der Waals surface area contributed by atoms with E-state index in [-0.39, 0.29) is 12.1 Å². The first kappa shape index (κ1) is 25.5.